The van der Waals surface area contributed by atoms with Gasteiger partial charge in [0.15, 0.2) is 0 Å². The summed E-state index contributed by atoms with van der Waals surface area (Å²) in [5.41, 5.74) is 2.62. The van der Waals surface area contributed by atoms with Crippen molar-refractivity contribution in [2.24, 2.45) is 0 Å². The van der Waals surface area contributed by atoms with Crippen molar-refractivity contribution < 1.29 is 8.42 Å². The van der Waals surface area contributed by atoms with Crippen LogP contribution < -0.4 is 4.72 Å². The van der Waals surface area contributed by atoms with Crippen LogP contribution in [0.4, 0.5) is 0 Å². The first-order valence-electron chi connectivity index (χ1n) is 6.94. The van der Waals surface area contributed by atoms with Crippen molar-refractivity contribution in [3.8, 4) is 11.8 Å². The van der Waals surface area contributed by atoms with Crippen LogP contribution in [0.15, 0.2) is 53.9 Å². The number of aryl methyl sites for hydroxylation is 1. The first kappa shape index (κ1) is 17.3. The zero-order chi connectivity index (χ0) is 16.7. The zero-order valence-electron chi connectivity index (χ0n) is 12.6. The topological polar surface area (TPSA) is 46.2 Å². The van der Waals surface area contributed by atoms with Crippen molar-refractivity contribution in [1.29, 1.82) is 0 Å². The molecule has 1 N–H and O–H groups in total. The Hall–Kier alpha value is -2.06. The number of nitrogens with one attached hydrogen (secondary N) is 1. The average Bonchev–Trinajstić information content (AvgIpc) is 2.53. The largest absolute Gasteiger partial charge is 0.234 e. The van der Waals surface area contributed by atoms with E-state index in [1.165, 1.54) is 0 Å². The van der Waals surface area contributed by atoms with Gasteiger partial charge in [-0.1, -0.05) is 65.4 Å². The van der Waals surface area contributed by atoms with Crippen molar-refractivity contribution in [2.45, 2.75) is 6.92 Å². The quantitative estimate of drug-likeness (QED) is 0.861. The minimum atomic E-state index is -3.52. The monoisotopic (exact) mass is 345 g/mol. The Morgan fingerprint density at radius 1 is 1.13 bits per heavy atom. The molecule has 0 aliphatic carbocycles. The molecule has 0 aromatic heterocycles. The summed E-state index contributed by atoms with van der Waals surface area (Å²) in [6.45, 7) is 2.00. The second-order valence-electron chi connectivity index (χ2n) is 4.86. The highest BCUT2D eigenvalue weighted by molar-refractivity contribution is 7.92. The van der Waals surface area contributed by atoms with E-state index in [1.54, 1.807) is 18.2 Å². The van der Waals surface area contributed by atoms with E-state index in [0.717, 1.165) is 16.5 Å². The van der Waals surface area contributed by atoms with Crippen LogP contribution in [0.3, 0.4) is 0 Å². The fraction of sp³-hybridized carbons (Fsp3) is 0.111. The van der Waals surface area contributed by atoms with Crippen LogP contribution >= 0.6 is 11.6 Å². The van der Waals surface area contributed by atoms with Crippen molar-refractivity contribution in [1.82, 2.24) is 4.72 Å². The summed E-state index contributed by atoms with van der Waals surface area (Å²) in [6.07, 6.45) is 1.54. The highest BCUT2D eigenvalue weighted by Crippen LogP contribution is 2.12. The van der Waals surface area contributed by atoms with Gasteiger partial charge < -0.3 is 0 Å². The number of hydrogen-bond acceptors (Lipinski definition) is 2. The smallest absolute Gasteiger partial charge is 0.208 e. The van der Waals surface area contributed by atoms with Crippen molar-refractivity contribution >= 4 is 27.7 Å². The van der Waals surface area contributed by atoms with E-state index in [0.29, 0.717) is 10.6 Å². The Balaban J connectivity index is 1.95. The molecule has 0 unspecified atom stereocenters. The molecule has 118 valence electrons. The summed E-state index contributed by atoms with van der Waals surface area (Å²) in [7, 11) is -3.52. The molecule has 0 aliphatic rings. The second-order valence-corrected chi connectivity index (χ2v) is 6.92. The van der Waals surface area contributed by atoms with E-state index >= 15 is 0 Å². The molecule has 3 nitrogen and oxygen atoms in total. The SMILES string of the molecule is Cc1ccc(/C=C/S(=O)(=O)NCC#Cc2ccccc2Cl)cc1. The zero-order valence-corrected chi connectivity index (χ0v) is 14.2. The molecular formula is C18H16ClNO2S. The fourth-order valence-electron chi connectivity index (χ4n) is 1.73. The maximum absolute atomic E-state index is 11.9. The van der Waals surface area contributed by atoms with Crippen LogP contribution in [-0.2, 0) is 10.0 Å². The minimum Gasteiger partial charge on any atom is -0.208 e. The molecule has 0 bridgehead atoms. The van der Waals surface area contributed by atoms with E-state index in [1.807, 2.05) is 43.3 Å². The van der Waals surface area contributed by atoms with Gasteiger partial charge in [0.1, 0.15) is 0 Å². The summed E-state index contributed by atoms with van der Waals surface area (Å²) in [4.78, 5) is 0. The molecule has 0 atom stereocenters. The third-order valence-corrected chi connectivity index (χ3v) is 4.35. The van der Waals surface area contributed by atoms with E-state index < -0.39 is 10.0 Å². The van der Waals surface area contributed by atoms with Gasteiger partial charge in [0.25, 0.3) is 0 Å². The lowest BCUT2D eigenvalue weighted by atomic mass is 10.2. The molecule has 2 aromatic rings. The number of rotatable bonds is 4. The van der Waals surface area contributed by atoms with E-state index in [4.69, 9.17) is 11.6 Å². The Bertz CT molecular complexity index is 860. The molecule has 0 saturated heterocycles. The highest BCUT2D eigenvalue weighted by Gasteiger charge is 2.02. The predicted molar refractivity (Wildman–Crippen MR) is 95.5 cm³/mol. The summed E-state index contributed by atoms with van der Waals surface area (Å²) < 4.78 is 26.1. The van der Waals surface area contributed by atoms with Gasteiger partial charge in [0.05, 0.1) is 11.6 Å². The van der Waals surface area contributed by atoms with Gasteiger partial charge in [0, 0.05) is 11.0 Å². The van der Waals surface area contributed by atoms with E-state index in [2.05, 4.69) is 16.6 Å². The van der Waals surface area contributed by atoms with Gasteiger partial charge in [-0.05, 0) is 30.7 Å². The molecule has 0 spiro atoms. The van der Waals surface area contributed by atoms with E-state index in [9.17, 15) is 8.42 Å². The fourth-order valence-corrected chi connectivity index (χ4v) is 2.62. The van der Waals surface area contributed by atoms with Crippen molar-refractivity contribution in [3.63, 3.8) is 0 Å². The molecule has 0 saturated carbocycles. The van der Waals surface area contributed by atoms with Crippen LogP contribution in [-0.4, -0.2) is 15.0 Å². The van der Waals surface area contributed by atoms with Gasteiger partial charge in [-0.25, -0.2) is 8.42 Å². The molecule has 2 aromatic carbocycles. The third-order valence-electron chi connectivity index (χ3n) is 2.98. The Morgan fingerprint density at radius 2 is 1.83 bits per heavy atom. The van der Waals surface area contributed by atoms with Crippen LogP contribution in [0, 0.1) is 18.8 Å². The van der Waals surface area contributed by atoms with E-state index in [-0.39, 0.29) is 6.54 Å². The first-order valence-corrected chi connectivity index (χ1v) is 8.86. The van der Waals surface area contributed by atoms with Gasteiger partial charge >= 0.3 is 0 Å². The number of hydrogen-bond donors (Lipinski definition) is 1. The number of sulfonamides is 1. The molecule has 0 fully saturated rings. The summed E-state index contributed by atoms with van der Waals surface area (Å²) in [5, 5.41) is 1.68. The highest BCUT2D eigenvalue weighted by atomic mass is 35.5. The van der Waals surface area contributed by atoms with Crippen LogP contribution in [0.1, 0.15) is 16.7 Å². The molecule has 0 amide bonds. The second kappa shape index (κ2) is 7.98. The average molecular weight is 346 g/mol. The van der Waals surface area contributed by atoms with Gasteiger partial charge in [-0.15, -0.1) is 0 Å². The minimum absolute atomic E-state index is 0.0196. The molecule has 0 heterocycles. The lowest BCUT2D eigenvalue weighted by Crippen LogP contribution is -2.21. The molecule has 23 heavy (non-hydrogen) atoms. The summed E-state index contributed by atoms with van der Waals surface area (Å²) >= 11 is 5.97. The Kier molecular flexibility index (Phi) is 6.00. The molecular weight excluding hydrogens is 330 g/mol. The summed E-state index contributed by atoms with van der Waals surface area (Å²) in [5.74, 6) is 5.58. The molecule has 5 heteroatoms. The normalized spacial score (nSPS) is 11.2. The van der Waals surface area contributed by atoms with Gasteiger partial charge in [-0.3, -0.25) is 0 Å². The van der Waals surface area contributed by atoms with Gasteiger partial charge in [0.2, 0.25) is 10.0 Å². The van der Waals surface area contributed by atoms with Crippen molar-refractivity contribution in [2.75, 3.05) is 6.54 Å². The number of benzene rings is 2. The predicted octanol–water partition coefficient (Wildman–Crippen LogP) is 3.59. The Labute approximate surface area is 142 Å². The molecule has 0 aliphatic heterocycles. The van der Waals surface area contributed by atoms with Gasteiger partial charge in [-0.2, -0.15) is 4.72 Å². The molecule has 2 rings (SSSR count). The third kappa shape index (κ3) is 5.91. The Morgan fingerprint density at radius 3 is 2.52 bits per heavy atom. The maximum Gasteiger partial charge on any atom is 0.234 e. The summed E-state index contributed by atoms with van der Waals surface area (Å²) in [6, 6.07) is 14.7. The lowest BCUT2D eigenvalue weighted by molar-refractivity contribution is 0.595. The number of halogens is 1. The van der Waals surface area contributed by atoms with Crippen LogP contribution in [0.25, 0.3) is 6.08 Å². The standard InChI is InChI=1S/C18H16ClNO2S/c1-15-8-10-16(11-9-15)12-14-23(21,22)20-13-4-6-17-5-2-3-7-18(17)19/h2-3,5,7-12,14,20H,13H2,1H3/b14-12+. The van der Waals surface area contributed by atoms with Crippen molar-refractivity contribution in [3.05, 3.63) is 75.7 Å². The van der Waals surface area contributed by atoms with Crippen LogP contribution in [0.5, 0.6) is 0 Å². The molecule has 0 radical (unpaired) electrons. The first-order chi connectivity index (χ1) is 11.0. The lowest BCUT2D eigenvalue weighted by Gasteiger charge is -1.98. The maximum atomic E-state index is 11.9. The van der Waals surface area contributed by atoms with Crippen LogP contribution in [0.2, 0.25) is 5.02 Å².